The number of rotatable bonds is 10. The topological polar surface area (TPSA) is 92.1 Å². The molecule has 1 heterocycles. The van der Waals surface area contributed by atoms with Crippen molar-refractivity contribution in [1.29, 1.82) is 0 Å². The van der Waals surface area contributed by atoms with Gasteiger partial charge in [0.2, 0.25) is 18.2 Å². The Hall–Kier alpha value is -3.36. The second kappa shape index (κ2) is 17.1. The fourth-order valence-electron chi connectivity index (χ4n) is 3.45. The molecular formula is C26H44N6O3. The summed E-state index contributed by atoms with van der Waals surface area (Å²) in [5, 5.41) is 3.33. The third-order valence-electron chi connectivity index (χ3n) is 5.35. The van der Waals surface area contributed by atoms with Crippen molar-refractivity contribution in [2.75, 3.05) is 21.2 Å². The van der Waals surface area contributed by atoms with Gasteiger partial charge in [0.1, 0.15) is 0 Å². The molecule has 0 radical (unpaired) electrons. The molecule has 0 aromatic carbocycles. The minimum atomic E-state index is -0.118. The molecule has 0 unspecified atom stereocenters. The molecule has 1 aliphatic carbocycles. The van der Waals surface area contributed by atoms with E-state index in [1.807, 2.05) is 58.5 Å². The smallest absolute Gasteiger partial charge is 0.245 e. The molecule has 1 fully saturated rings. The van der Waals surface area contributed by atoms with Crippen LogP contribution < -0.4 is 5.32 Å². The molecule has 9 heteroatoms. The van der Waals surface area contributed by atoms with E-state index in [1.54, 1.807) is 43.4 Å². The maximum atomic E-state index is 11.9. The molecule has 1 aliphatic rings. The van der Waals surface area contributed by atoms with E-state index in [4.69, 9.17) is 4.74 Å². The number of aryl methyl sites for hydroxylation is 1. The Morgan fingerprint density at radius 3 is 2.37 bits per heavy atom. The fourth-order valence-corrected chi connectivity index (χ4v) is 3.45. The molecule has 196 valence electrons. The molecule has 1 saturated carbocycles. The number of aromatic nitrogens is 2. The van der Waals surface area contributed by atoms with Gasteiger partial charge in [-0.1, -0.05) is 47.3 Å². The SMILES string of the molecule is C=CC(=O)N(C)C1CC(N(C=O)/C=C(/N/C(=C/CC)C(=NC)OC)c2nccn2C)C1.CC.CC. The summed E-state index contributed by atoms with van der Waals surface area (Å²) in [6, 6.07) is 0.0683. The van der Waals surface area contributed by atoms with Gasteiger partial charge in [-0.2, -0.15) is 0 Å². The highest BCUT2D eigenvalue weighted by Gasteiger charge is 2.36. The van der Waals surface area contributed by atoms with Gasteiger partial charge in [0, 0.05) is 51.8 Å². The predicted molar refractivity (Wildman–Crippen MR) is 143 cm³/mol. The summed E-state index contributed by atoms with van der Waals surface area (Å²) in [5.41, 5.74) is 1.33. The molecule has 1 N–H and O–H groups in total. The van der Waals surface area contributed by atoms with Crippen LogP contribution in [0.15, 0.2) is 48.0 Å². The number of ether oxygens (including phenoxy) is 1. The number of nitrogens with one attached hydrogen (secondary N) is 1. The molecule has 0 bridgehead atoms. The normalized spacial score (nSPS) is 17.5. The summed E-state index contributed by atoms with van der Waals surface area (Å²) in [5.74, 6) is 0.996. The van der Waals surface area contributed by atoms with Gasteiger partial charge in [0.25, 0.3) is 0 Å². The van der Waals surface area contributed by atoms with E-state index in [9.17, 15) is 9.59 Å². The van der Waals surface area contributed by atoms with Crippen molar-refractivity contribution in [1.82, 2.24) is 24.7 Å². The molecule has 2 rings (SSSR count). The predicted octanol–water partition coefficient (Wildman–Crippen LogP) is 3.96. The largest absolute Gasteiger partial charge is 0.480 e. The maximum Gasteiger partial charge on any atom is 0.245 e. The lowest BCUT2D eigenvalue weighted by atomic mass is 9.84. The molecule has 0 spiro atoms. The van der Waals surface area contributed by atoms with Crippen LogP contribution in [0.5, 0.6) is 0 Å². The molecular weight excluding hydrogens is 444 g/mol. The number of hydrogen-bond donors (Lipinski definition) is 1. The van der Waals surface area contributed by atoms with Crippen LogP contribution in [0.2, 0.25) is 0 Å². The number of nitrogens with zero attached hydrogens (tertiary/aromatic N) is 5. The molecule has 0 atom stereocenters. The summed E-state index contributed by atoms with van der Waals surface area (Å²) in [6.07, 6.45) is 11.5. The summed E-state index contributed by atoms with van der Waals surface area (Å²) < 4.78 is 7.25. The van der Waals surface area contributed by atoms with E-state index < -0.39 is 0 Å². The van der Waals surface area contributed by atoms with Crippen molar-refractivity contribution in [3.05, 3.63) is 48.8 Å². The van der Waals surface area contributed by atoms with E-state index in [1.165, 1.54) is 6.08 Å². The fraction of sp³-hybridized carbons (Fsp3) is 0.538. The minimum absolute atomic E-state index is 0.0139. The van der Waals surface area contributed by atoms with Gasteiger partial charge in [-0.25, -0.2) is 4.98 Å². The Kier molecular flexibility index (Phi) is 15.5. The van der Waals surface area contributed by atoms with Gasteiger partial charge < -0.3 is 24.4 Å². The highest BCUT2D eigenvalue weighted by molar-refractivity contribution is 5.94. The van der Waals surface area contributed by atoms with Crippen LogP contribution >= 0.6 is 0 Å². The van der Waals surface area contributed by atoms with Crippen LogP contribution in [-0.2, 0) is 21.4 Å². The van der Waals surface area contributed by atoms with Crippen molar-refractivity contribution in [3.63, 3.8) is 0 Å². The lowest BCUT2D eigenvalue weighted by Gasteiger charge is -2.44. The molecule has 9 nitrogen and oxygen atoms in total. The molecule has 0 saturated heterocycles. The summed E-state index contributed by atoms with van der Waals surface area (Å²) in [7, 11) is 6.85. The van der Waals surface area contributed by atoms with Gasteiger partial charge in [0.15, 0.2) is 5.82 Å². The van der Waals surface area contributed by atoms with Crippen molar-refractivity contribution >= 4 is 23.9 Å². The van der Waals surface area contributed by atoms with Gasteiger partial charge in [0.05, 0.1) is 18.5 Å². The summed E-state index contributed by atoms with van der Waals surface area (Å²) in [4.78, 5) is 35.6. The Morgan fingerprint density at radius 2 is 1.94 bits per heavy atom. The number of methoxy groups -OCH3 is 1. The first-order valence-corrected chi connectivity index (χ1v) is 12.2. The first-order chi connectivity index (χ1) is 16.9. The number of amides is 2. The van der Waals surface area contributed by atoms with Crippen molar-refractivity contribution < 1.29 is 14.3 Å². The Bertz CT molecular complexity index is 881. The van der Waals surface area contributed by atoms with E-state index >= 15 is 0 Å². The maximum absolute atomic E-state index is 11.9. The number of aliphatic imine (C=N–C) groups is 1. The zero-order valence-electron chi connectivity index (χ0n) is 22.9. The van der Waals surface area contributed by atoms with Crippen LogP contribution in [0.25, 0.3) is 5.70 Å². The van der Waals surface area contributed by atoms with Crippen molar-refractivity contribution in [2.24, 2.45) is 12.0 Å². The first kappa shape index (κ1) is 31.6. The summed E-state index contributed by atoms with van der Waals surface area (Å²) in [6.45, 7) is 13.5. The number of hydrogen-bond acceptors (Lipinski definition) is 6. The molecule has 1 aromatic heterocycles. The van der Waals surface area contributed by atoms with Crippen LogP contribution in [0, 0.1) is 0 Å². The summed E-state index contributed by atoms with van der Waals surface area (Å²) >= 11 is 0. The number of likely N-dealkylation sites (N-methyl/N-ethyl adjacent to an activating group) is 1. The Labute approximate surface area is 211 Å². The number of carbonyl (C=O) groups excluding carboxylic acids is 2. The zero-order valence-corrected chi connectivity index (χ0v) is 22.9. The number of carbonyl (C=O) groups is 2. The van der Waals surface area contributed by atoms with E-state index in [0.717, 1.165) is 12.8 Å². The average molecular weight is 489 g/mol. The number of imidazole rings is 1. The third-order valence-corrected chi connectivity index (χ3v) is 5.35. The minimum Gasteiger partial charge on any atom is -0.480 e. The van der Waals surface area contributed by atoms with Crippen LogP contribution in [0.1, 0.15) is 59.7 Å². The highest BCUT2D eigenvalue weighted by Crippen LogP contribution is 2.30. The van der Waals surface area contributed by atoms with Crippen LogP contribution in [0.4, 0.5) is 0 Å². The monoisotopic (exact) mass is 488 g/mol. The van der Waals surface area contributed by atoms with E-state index in [2.05, 4.69) is 21.9 Å². The van der Waals surface area contributed by atoms with Gasteiger partial charge in [-0.15, -0.1) is 0 Å². The lowest BCUT2D eigenvalue weighted by molar-refractivity contribution is -0.130. The quantitative estimate of drug-likeness (QED) is 0.233. The second-order valence-electron chi connectivity index (χ2n) is 7.27. The van der Waals surface area contributed by atoms with Gasteiger partial charge in [-0.3, -0.25) is 14.6 Å². The standard InChI is InChI=1S/C22H32N6O3.2C2H6/c1-7-9-18(22(23-3)31-6)25-19(21-24-10-11-26(21)4)14-28(15-29)17-12-16(13-17)27(5)20(30)8-2;2*1-2/h8-11,14-17,25H,2,7,12-13H2,1,3-6H3;2*1-2H3/b18-9+,19-14+,23-22?;;. The Balaban J connectivity index is 0.00000274. The molecule has 0 aliphatic heterocycles. The van der Waals surface area contributed by atoms with Crippen molar-refractivity contribution in [3.8, 4) is 0 Å². The molecule has 2 amide bonds. The molecule has 35 heavy (non-hydrogen) atoms. The lowest BCUT2D eigenvalue weighted by Crippen LogP contribution is -2.52. The van der Waals surface area contributed by atoms with E-state index in [0.29, 0.717) is 36.0 Å². The van der Waals surface area contributed by atoms with Crippen molar-refractivity contribution in [2.45, 2.75) is 66.0 Å². The molecule has 1 aromatic rings. The van der Waals surface area contributed by atoms with E-state index in [-0.39, 0.29) is 18.0 Å². The van der Waals surface area contributed by atoms with Gasteiger partial charge >= 0.3 is 0 Å². The van der Waals surface area contributed by atoms with Crippen LogP contribution in [-0.4, -0.2) is 70.9 Å². The average Bonchev–Trinajstić information content (AvgIpc) is 3.30. The van der Waals surface area contributed by atoms with Crippen LogP contribution in [0.3, 0.4) is 0 Å². The third kappa shape index (κ3) is 8.73. The first-order valence-electron chi connectivity index (χ1n) is 12.2. The van der Waals surface area contributed by atoms with Gasteiger partial charge in [-0.05, 0) is 25.3 Å². The Morgan fingerprint density at radius 1 is 1.31 bits per heavy atom. The zero-order chi connectivity index (χ0) is 27.0. The highest BCUT2D eigenvalue weighted by atomic mass is 16.5. The number of allylic oxidation sites excluding steroid dienone is 1. The second-order valence-corrected chi connectivity index (χ2v) is 7.27.